The summed E-state index contributed by atoms with van der Waals surface area (Å²) in [6.45, 7) is 6.93. The van der Waals surface area contributed by atoms with E-state index in [4.69, 9.17) is 4.74 Å². The number of amides is 1. The molecule has 1 aliphatic heterocycles. The standard InChI is InChI=1S/C18H26N2O2/c1-16(14-17-6-4-3-5-7-17)15-19-9-8-18(21)20(11-10-19)12-13-22-2/h3-7,14H,8-13,15H2,1-2H3/b16-14+. The molecule has 120 valence electrons. The molecule has 0 N–H and O–H groups in total. The van der Waals surface area contributed by atoms with Crippen molar-refractivity contribution in [2.75, 3.05) is 46.4 Å². The number of hydrogen-bond acceptors (Lipinski definition) is 3. The summed E-state index contributed by atoms with van der Waals surface area (Å²) in [6, 6.07) is 10.4. The number of benzene rings is 1. The number of methoxy groups -OCH3 is 1. The van der Waals surface area contributed by atoms with Gasteiger partial charge in [0.1, 0.15) is 0 Å². The lowest BCUT2D eigenvalue weighted by atomic mass is 10.1. The van der Waals surface area contributed by atoms with Crippen LogP contribution in [0, 0.1) is 0 Å². The summed E-state index contributed by atoms with van der Waals surface area (Å²) < 4.78 is 5.07. The van der Waals surface area contributed by atoms with Gasteiger partial charge in [-0.3, -0.25) is 9.69 Å². The van der Waals surface area contributed by atoms with Gasteiger partial charge in [-0.25, -0.2) is 0 Å². The highest BCUT2D eigenvalue weighted by atomic mass is 16.5. The molecule has 0 aliphatic carbocycles. The summed E-state index contributed by atoms with van der Waals surface area (Å²) in [7, 11) is 1.67. The number of nitrogens with zero attached hydrogens (tertiary/aromatic N) is 2. The van der Waals surface area contributed by atoms with Crippen LogP contribution in [0.1, 0.15) is 18.9 Å². The molecule has 1 aromatic rings. The van der Waals surface area contributed by atoms with Crippen LogP contribution in [0.4, 0.5) is 0 Å². The predicted octanol–water partition coefficient (Wildman–Crippen LogP) is 2.27. The average molecular weight is 302 g/mol. The van der Waals surface area contributed by atoms with Crippen molar-refractivity contribution in [2.45, 2.75) is 13.3 Å². The molecule has 0 spiro atoms. The van der Waals surface area contributed by atoms with E-state index in [2.05, 4.69) is 42.2 Å². The van der Waals surface area contributed by atoms with Gasteiger partial charge in [0.05, 0.1) is 6.61 Å². The van der Waals surface area contributed by atoms with Gasteiger partial charge >= 0.3 is 0 Å². The van der Waals surface area contributed by atoms with Crippen molar-refractivity contribution in [3.63, 3.8) is 0 Å². The van der Waals surface area contributed by atoms with Crippen LogP contribution in [-0.2, 0) is 9.53 Å². The van der Waals surface area contributed by atoms with Gasteiger partial charge in [0.2, 0.25) is 5.91 Å². The first-order valence-corrected chi connectivity index (χ1v) is 7.90. The summed E-state index contributed by atoms with van der Waals surface area (Å²) in [5.74, 6) is 0.240. The van der Waals surface area contributed by atoms with E-state index in [1.165, 1.54) is 11.1 Å². The van der Waals surface area contributed by atoms with Gasteiger partial charge in [0, 0.05) is 46.3 Å². The quantitative estimate of drug-likeness (QED) is 0.808. The molecule has 0 radical (unpaired) electrons. The smallest absolute Gasteiger partial charge is 0.223 e. The molecular formula is C18H26N2O2. The highest BCUT2D eigenvalue weighted by Crippen LogP contribution is 2.10. The molecule has 4 heteroatoms. The van der Waals surface area contributed by atoms with E-state index < -0.39 is 0 Å². The Bertz CT molecular complexity index is 499. The van der Waals surface area contributed by atoms with Crippen molar-refractivity contribution in [2.24, 2.45) is 0 Å². The third-order valence-electron chi connectivity index (χ3n) is 3.93. The van der Waals surface area contributed by atoms with Crippen LogP contribution in [0.5, 0.6) is 0 Å². The van der Waals surface area contributed by atoms with Crippen LogP contribution >= 0.6 is 0 Å². The number of carbonyl (C=O) groups is 1. The Balaban J connectivity index is 1.88. The van der Waals surface area contributed by atoms with Gasteiger partial charge in [0.25, 0.3) is 0 Å². The number of rotatable bonds is 6. The molecule has 0 saturated carbocycles. The van der Waals surface area contributed by atoms with Gasteiger partial charge in [-0.15, -0.1) is 0 Å². The topological polar surface area (TPSA) is 32.8 Å². The molecule has 0 unspecified atom stereocenters. The second-order valence-corrected chi connectivity index (χ2v) is 5.80. The highest BCUT2D eigenvalue weighted by molar-refractivity contribution is 5.76. The molecule has 2 rings (SSSR count). The van der Waals surface area contributed by atoms with Crippen molar-refractivity contribution < 1.29 is 9.53 Å². The van der Waals surface area contributed by atoms with E-state index in [0.717, 1.165) is 26.2 Å². The summed E-state index contributed by atoms with van der Waals surface area (Å²) in [4.78, 5) is 16.3. The zero-order valence-electron chi connectivity index (χ0n) is 13.6. The van der Waals surface area contributed by atoms with Crippen molar-refractivity contribution >= 4 is 12.0 Å². The van der Waals surface area contributed by atoms with E-state index >= 15 is 0 Å². The fourth-order valence-electron chi connectivity index (χ4n) is 2.74. The van der Waals surface area contributed by atoms with Crippen LogP contribution < -0.4 is 0 Å². The van der Waals surface area contributed by atoms with E-state index in [0.29, 0.717) is 19.6 Å². The van der Waals surface area contributed by atoms with Gasteiger partial charge in [0.15, 0.2) is 0 Å². The molecule has 22 heavy (non-hydrogen) atoms. The fraction of sp³-hybridized carbons (Fsp3) is 0.500. The maximum atomic E-state index is 12.1. The average Bonchev–Trinajstić information content (AvgIpc) is 2.69. The van der Waals surface area contributed by atoms with Crippen molar-refractivity contribution in [1.29, 1.82) is 0 Å². The molecular weight excluding hydrogens is 276 g/mol. The Morgan fingerprint density at radius 2 is 2.00 bits per heavy atom. The van der Waals surface area contributed by atoms with Crippen LogP contribution in [0.25, 0.3) is 6.08 Å². The number of hydrogen-bond donors (Lipinski definition) is 0. The first-order chi connectivity index (χ1) is 10.7. The van der Waals surface area contributed by atoms with Gasteiger partial charge in [-0.1, -0.05) is 42.0 Å². The largest absolute Gasteiger partial charge is 0.383 e. The lowest BCUT2D eigenvalue weighted by Crippen LogP contribution is -2.35. The predicted molar refractivity (Wildman–Crippen MR) is 89.6 cm³/mol. The lowest BCUT2D eigenvalue weighted by Gasteiger charge is -2.22. The minimum Gasteiger partial charge on any atom is -0.383 e. The Kier molecular flexibility index (Phi) is 6.62. The van der Waals surface area contributed by atoms with Crippen molar-refractivity contribution in [1.82, 2.24) is 9.80 Å². The summed E-state index contributed by atoms with van der Waals surface area (Å²) in [5.41, 5.74) is 2.55. The second-order valence-electron chi connectivity index (χ2n) is 5.80. The Labute approximate surface area is 133 Å². The normalized spacial score (nSPS) is 17.6. The summed E-state index contributed by atoms with van der Waals surface area (Å²) in [5, 5.41) is 0. The molecule has 0 aromatic heterocycles. The van der Waals surface area contributed by atoms with Crippen molar-refractivity contribution in [3.05, 3.63) is 41.5 Å². The van der Waals surface area contributed by atoms with E-state index in [-0.39, 0.29) is 5.91 Å². The molecule has 1 fully saturated rings. The maximum absolute atomic E-state index is 12.1. The fourth-order valence-corrected chi connectivity index (χ4v) is 2.74. The zero-order chi connectivity index (χ0) is 15.8. The molecule has 1 aliphatic rings. The number of ether oxygens (including phenoxy) is 1. The van der Waals surface area contributed by atoms with Crippen LogP contribution in [0.3, 0.4) is 0 Å². The third kappa shape index (κ3) is 5.28. The minimum atomic E-state index is 0.240. The molecule has 1 aromatic carbocycles. The summed E-state index contributed by atoms with van der Waals surface area (Å²) >= 11 is 0. The Morgan fingerprint density at radius 3 is 2.73 bits per heavy atom. The van der Waals surface area contributed by atoms with Crippen LogP contribution in [0.15, 0.2) is 35.9 Å². The van der Waals surface area contributed by atoms with E-state index in [1.54, 1.807) is 7.11 Å². The Morgan fingerprint density at radius 1 is 1.23 bits per heavy atom. The van der Waals surface area contributed by atoms with Gasteiger partial charge < -0.3 is 9.64 Å². The molecule has 1 heterocycles. The van der Waals surface area contributed by atoms with Crippen molar-refractivity contribution in [3.8, 4) is 0 Å². The zero-order valence-corrected chi connectivity index (χ0v) is 13.6. The molecule has 4 nitrogen and oxygen atoms in total. The van der Waals surface area contributed by atoms with Gasteiger partial charge in [-0.05, 0) is 12.5 Å². The van der Waals surface area contributed by atoms with Gasteiger partial charge in [-0.2, -0.15) is 0 Å². The molecule has 1 amide bonds. The SMILES string of the molecule is COCCN1CCN(C/C(C)=C/c2ccccc2)CCC1=O. The minimum absolute atomic E-state index is 0.240. The molecule has 0 bridgehead atoms. The molecule has 1 saturated heterocycles. The third-order valence-corrected chi connectivity index (χ3v) is 3.93. The first-order valence-electron chi connectivity index (χ1n) is 7.90. The monoisotopic (exact) mass is 302 g/mol. The summed E-state index contributed by atoms with van der Waals surface area (Å²) in [6.07, 6.45) is 2.82. The highest BCUT2D eigenvalue weighted by Gasteiger charge is 2.20. The Hall–Kier alpha value is -1.65. The lowest BCUT2D eigenvalue weighted by molar-refractivity contribution is -0.130. The van der Waals surface area contributed by atoms with E-state index in [9.17, 15) is 4.79 Å². The van der Waals surface area contributed by atoms with Crippen LogP contribution in [0.2, 0.25) is 0 Å². The maximum Gasteiger partial charge on any atom is 0.223 e. The molecule has 0 atom stereocenters. The number of carbonyl (C=O) groups excluding carboxylic acids is 1. The van der Waals surface area contributed by atoms with Crippen LogP contribution in [-0.4, -0.2) is 62.1 Å². The van der Waals surface area contributed by atoms with E-state index in [1.807, 2.05) is 11.0 Å². The second kappa shape index (κ2) is 8.71. The first kappa shape index (κ1) is 16.7.